The molecule has 0 atom stereocenters. The van der Waals surface area contributed by atoms with Crippen LogP contribution in [0.15, 0.2) is 37.2 Å². The summed E-state index contributed by atoms with van der Waals surface area (Å²) in [7, 11) is -0.908. The Morgan fingerprint density at radius 1 is 1.18 bits per heavy atom. The van der Waals surface area contributed by atoms with Crippen LogP contribution in [-0.2, 0) is 4.65 Å². The van der Waals surface area contributed by atoms with Gasteiger partial charge in [-0.1, -0.05) is 6.08 Å². The number of aromatic nitrogens is 4. The SMILES string of the molecule is C=CCOB(Oc1ccn[nH]1)Oc1ccn[nH]1. The van der Waals surface area contributed by atoms with Crippen molar-refractivity contribution in [2.45, 2.75) is 0 Å². The van der Waals surface area contributed by atoms with E-state index in [0.717, 1.165) is 0 Å². The summed E-state index contributed by atoms with van der Waals surface area (Å²) in [5.41, 5.74) is 0. The number of hydrogen-bond donors (Lipinski definition) is 2. The number of H-pyrrole nitrogens is 2. The molecule has 2 aromatic rings. The molecule has 0 saturated carbocycles. The minimum absolute atomic E-state index is 0.299. The molecule has 0 aromatic carbocycles. The Morgan fingerprint density at radius 2 is 1.76 bits per heavy atom. The van der Waals surface area contributed by atoms with Crippen molar-refractivity contribution in [2.24, 2.45) is 0 Å². The Labute approximate surface area is 98.0 Å². The van der Waals surface area contributed by atoms with Crippen LogP contribution in [0.2, 0.25) is 0 Å². The van der Waals surface area contributed by atoms with E-state index in [0.29, 0.717) is 18.4 Å². The Hall–Kier alpha value is -2.22. The minimum Gasteiger partial charge on any atom is -0.486 e. The van der Waals surface area contributed by atoms with E-state index in [1.54, 1.807) is 30.6 Å². The van der Waals surface area contributed by atoms with Gasteiger partial charge in [-0.15, -0.1) is 6.58 Å². The molecule has 0 fully saturated rings. The zero-order valence-corrected chi connectivity index (χ0v) is 9.00. The molecule has 0 aliphatic rings. The van der Waals surface area contributed by atoms with Gasteiger partial charge in [0.1, 0.15) is 0 Å². The third kappa shape index (κ3) is 3.38. The fourth-order valence-electron chi connectivity index (χ4n) is 1.06. The van der Waals surface area contributed by atoms with Crippen molar-refractivity contribution in [1.29, 1.82) is 0 Å². The van der Waals surface area contributed by atoms with Gasteiger partial charge in [0.2, 0.25) is 0 Å². The van der Waals surface area contributed by atoms with Gasteiger partial charge in [0.05, 0.1) is 19.0 Å². The molecule has 0 bridgehead atoms. The highest BCUT2D eigenvalue weighted by Gasteiger charge is 2.27. The molecule has 2 N–H and O–H groups in total. The van der Waals surface area contributed by atoms with Gasteiger partial charge in [-0.25, -0.2) is 10.2 Å². The number of rotatable bonds is 7. The summed E-state index contributed by atoms with van der Waals surface area (Å²) >= 11 is 0. The van der Waals surface area contributed by atoms with E-state index in [2.05, 4.69) is 27.0 Å². The van der Waals surface area contributed by atoms with E-state index in [4.69, 9.17) is 14.0 Å². The van der Waals surface area contributed by atoms with Crippen molar-refractivity contribution in [2.75, 3.05) is 6.61 Å². The molecule has 0 amide bonds. The fraction of sp³-hybridized carbons (Fsp3) is 0.111. The van der Waals surface area contributed by atoms with Crippen LogP contribution in [-0.4, -0.2) is 34.3 Å². The molecule has 7 nitrogen and oxygen atoms in total. The lowest BCUT2D eigenvalue weighted by Crippen LogP contribution is -2.34. The smallest absolute Gasteiger partial charge is 0.486 e. The second-order valence-corrected chi connectivity index (χ2v) is 2.99. The zero-order chi connectivity index (χ0) is 11.9. The molecule has 2 heterocycles. The lowest BCUT2D eigenvalue weighted by molar-refractivity contribution is 0.217. The van der Waals surface area contributed by atoms with E-state index in [1.165, 1.54) is 0 Å². The fourth-order valence-corrected chi connectivity index (χ4v) is 1.06. The third-order valence-corrected chi connectivity index (χ3v) is 1.75. The molecule has 8 heteroatoms. The second-order valence-electron chi connectivity index (χ2n) is 2.99. The Morgan fingerprint density at radius 3 is 2.18 bits per heavy atom. The van der Waals surface area contributed by atoms with E-state index >= 15 is 0 Å². The van der Waals surface area contributed by atoms with Crippen LogP contribution in [0.3, 0.4) is 0 Å². The van der Waals surface area contributed by atoms with Gasteiger partial charge in [-0.3, -0.25) is 0 Å². The van der Waals surface area contributed by atoms with Gasteiger partial charge in [0.25, 0.3) is 0 Å². The van der Waals surface area contributed by atoms with E-state index in [1.807, 2.05) is 0 Å². The van der Waals surface area contributed by atoms with Crippen LogP contribution in [0.4, 0.5) is 0 Å². The molecule has 0 radical (unpaired) electrons. The molecule has 0 aliphatic heterocycles. The number of nitrogens with zero attached hydrogens (tertiary/aromatic N) is 2. The number of aromatic amines is 2. The summed E-state index contributed by atoms with van der Waals surface area (Å²) in [6, 6.07) is 3.31. The second kappa shape index (κ2) is 5.76. The van der Waals surface area contributed by atoms with Crippen molar-refractivity contribution < 1.29 is 14.0 Å². The predicted molar refractivity (Wildman–Crippen MR) is 60.3 cm³/mol. The Bertz CT molecular complexity index is 395. The molecule has 17 heavy (non-hydrogen) atoms. The highest BCUT2D eigenvalue weighted by Crippen LogP contribution is 2.09. The lowest BCUT2D eigenvalue weighted by Gasteiger charge is -2.12. The maximum Gasteiger partial charge on any atom is 0.790 e. The molecule has 2 rings (SSSR count). The first-order valence-electron chi connectivity index (χ1n) is 4.93. The average molecular weight is 234 g/mol. The van der Waals surface area contributed by atoms with E-state index in [9.17, 15) is 0 Å². The van der Waals surface area contributed by atoms with Gasteiger partial charge < -0.3 is 14.0 Å². The maximum atomic E-state index is 5.37. The van der Waals surface area contributed by atoms with Gasteiger partial charge >= 0.3 is 7.32 Å². The highest BCUT2D eigenvalue weighted by molar-refractivity contribution is 6.38. The molecule has 0 unspecified atom stereocenters. The summed E-state index contributed by atoms with van der Waals surface area (Å²) in [6.07, 6.45) is 4.73. The molecule has 0 saturated heterocycles. The monoisotopic (exact) mass is 234 g/mol. The summed E-state index contributed by atoms with van der Waals surface area (Å²) < 4.78 is 16.0. The maximum absolute atomic E-state index is 5.37. The van der Waals surface area contributed by atoms with E-state index in [-0.39, 0.29) is 0 Å². The summed E-state index contributed by atoms with van der Waals surface area (Å²) in [5.74, 6) is 0.886. The van der Waals surface area contributed by atoms with Crippen molar-refractivity contribution in [3.8, 4) is 11.8 Å². The number of hydrogen-bond acceptors (Lipinski definition) is 5. The van der Waals surface area contributed by atoms with Crippen molar-refractivity contribution in [3.63, 3.8) is 0 Å². The first-order chi connectivity index (χ1) is 8.38. The normalized spacial score (nSPS) is 9.88. The Kier molecular flexibility index (Phi) is 3.82. The standard InChI is InChI=1S/C9H11BN4O3/c1-2-7-15-10(16-8-3-5-11-13-8)17-9-4-6-12-14-9/h2-6H,1,7H2,(H,11,13)(H,12,14). The van der Waals surface area contributed by atoms with Crippen LogP contribution in [0, 0.1) is 0 Å². The zero-order valence-electron chi connectivity index (χ0n) is 9.00. The van der Waals surface area contributed by atoms with Crippen LogP contribution in [0.25, 0.3) is 0 Å². The van der Waals surface area contributed by atoms with Crippen molar-refractivity contribution in [1.82, 2.24) is 20.4 Å². The van der Waals surface area contributed by atoms with Crippen LogP contribution < -0.4 is 9.31 Å². The minimum atomic E-state index is -0.908. The van der Waals surface area contributed by atoms with Crippen LogP contribution in [0.5, 0.6) is 11.8 Å². The van der Waals surface area contributed by atoms with Gasteiger partial charge in [0.15, 0.2) is 11.8 Å². The quantitative estimate of drug-likeness (QED) is 0.546. The Balaban J connectivity index is 1.95. The third-order valence-electron chi connectivity index (χ3n) is 1.75. The summed E-state index contributed by atoms with van der Waals surface area (Å²) in [5, 5.41) is 12.8. The topological polar surface area (TPSA) is 85.1 Å². The molecule has 2 aromatic heterocycles. The highest BCUT2D eigenvalue weighted by atomic mass is 16.7. The summed E-state index contributed by atoms with van der Waals surface area (Å²) in [4.78, 5) is 0. The molecule has 88 valence electrons. The first kappa shape index (κ1) is 11.3. The van der Waals surface area contributed by atoms with Crippen molar-refractivity contribution >= 4 is 7.32 Å². The van der Waals surface area contributed by atoms with E-state index < -0.39 is 7.32 Å². The van der Waals surface area contributed by atoms with Crippen LogP contribution >= 0.6 is 0 Å². The van der Waals surface area contributed by atoms with Gasteiger partial charge in [-0.05, 0) is 0 Å². The molecule has 0 spiro atoms. The molecular weight excluding hydrogens is 223 g/mol. The number of nitrogens with one attached hydrogen (secondary N) is 2. The summed E-state index contributed by atoms with van der Waals surface area (Å²) in [6.45, 7) is 3.85. The molecular formula is C9H11BN4O3. The lowest BCUT2D eigenvalue weighted by atomic mass is 10.2. The largest absolute Gasteiger partial charge is 0.790 e. The van der Waals surface area contributed by atoms with Gasteiger partial charge in [0, 0.05) is 12.1 Å². The van der Waals surface area contributed by atoms with Gasteiger partial charge in [-0.2, -0.15) is 10.2 Å². The van der Waals surface area contributed by atoms with Crippen molar-refractivity contribution in [3.05, 3.63) is 37.2 Å². The predicted octanol–water partition coefficient (Wildman–Crippen LogP) is 0.778. The molecule has 0 aliphatic carbocycles. The van der Waals surface area contributed by atoms with Crippen LogP contribution in [0.1, 0.15) is 0 Å². The first-order valence-corrected chi connectivity index (χ1v) is 4.93. The average Bonchev–Trinajstić information content (AvgIpc) is 2.99.